The lowest BCUT2D eigenvalue weighted by Gasteiger charge is -2.16. The molecule has 0 amide bonds. The summed E-state index contributed by atoms with van der Waals surface area (Å²) in [7, 11) is 0. The van der Waals surface area contributed by atoms with Crippen molar-refractivity contribution in [1.29, 1.82) is 0 Å². The molecule has 2 N–H and O–H groups in total. The molecular formula is C12H16N6. The molecule has 1 aliphatic rings. The number of rotatable bonds is 2. The Kier molecular flexibility index (Phi) is 3.18. The van der Waals surface area contributed by atoms with E-state index in [4.69, 9.17) is 0 Å². The molecule has 0 bridgehead atoms. The van der Waals surface area contributed by atoms with Gasteiger partial charge in [-0.1, -0.05) is 0 Å². The Hall–Kier alpha value is -1.95. The molecular weight excluding hydrogens is 228 g/mol. The predicted molar refractivity (Wildman–Crippen MR) is 69.3 cm³/mol. The Bertz CT molecular complexity index is 486. The van der Waals surface area contributed by atoms with Gasteiger partial charge in [-0.25, -0.2) is 0 Å². The zero-order valence-electron chi connectivity index (χ0n) is 10.1. The lowest BCUT2D eigenvalue weighted by Crippen LogP contribution is -2.28. The summed E-state index contributed by atoms with van der Waals surface area (Å²) in [6.45, 7) is 3.99. The van der Waals surface area contributed by atoms with E-state index in [0.717, 1.165) is 49.9 Å². The lowest BCUT2D eigenvalue weighted by molar-refractivity contribution is 0.724. The third kappa shape index (κ3) is 2.33. The fourth-order valence-corrected chi connectivity index (χ4v) is 2.07. The van der Waals surface area contributed by atoms with Gasteiger partial charge in [-0.3, -0.25) is 10.1 Å². The average Bonchev–Trinajstić information content (AvgIpc) is 2.76. The van der Waals surface area contributed by atoms with E-state index in [0.29, 0.717) is 0 Å². The minimum atomic E-state index is 0.773. The summed E-state index contributed by atoms with van der Waals surface area (Å²) in [5.74, 6) is 1.55. The minimum absolute atomic E-state index is 0.773. The molecule has 1 aliphatic heterocycles. The Labute approximate surface area is 105 Å². The maximum Gasteiger partial charge on any atom is 0.245 e. The zero-order chi connectivity index (χ0) is 12.2. The van der Waals surface area contributed by atoms with Crippen molar-refractivity contribution in [3.8, 4) is 11.4 Å². The molecule has 2 aromatic rings. The second-order valence-electron chi connectivity index (χ2n) is 4.32. The fraction of sp³-hybridized carbons (Fsp3) is 0.417. The first-order chi connectivity index (χ1) is 8.93. The lowest BCUT2D eigenvalue weighted by atomic mass is 10.3. The van der Waals surface area contributed by atoms with Crippen molar-refractivity contribution >= 4 is 5.95 Å². The van der Waals surface area contributed by atoms with E-state index in [9.17, 15) is 0 Å². The van der Waals surface area contributed by atoms with E-state index < -0.39 is 0 Å². The van der Waals surface area contributed by atoms with Crippen LogP contribution in [0.5, 0.6) is 0 Å². The molecule has 94 valence electrons. The third-order valence-corrected chi connectivity index (χ3v) is 3.03. The van der Waals surface area contributed by atoms with Crippen molar-refractivity contribution in [3.05, 3.63) is 24.5 Å². The standard InChI is InChI=1S/C12H16N6/c1-3-10(9-14-4-1)11-15-12(17-16-11)18-7-2-5-13-6-8-18/h1,3-4,9,13H,2,5-8H2,(H,15,16,17). The van der Waals surface area contributed by atoms with Crippen LogP contribution in [-0.4, -0.2) is 46.3 Å². The van der Waals surface area contributed by atoms with Gasteiger partial charge in [-0.15, -0.1) is 5.10 Å². The molecule has 0 atom stereocenters. The van der Waals surface area contributed by atoms with E-state index in [-0.39, 0.29) is 0 Å². The highest BCUT2D eigenvalue weighted by Crippen LogP contribution is 2.16. The van der Waals surface area contributed by atoms with E-state index in [1.807, 2.05) is 12.1 Å². The number of hydrogen-bond donors (Lipinski definition) is 2. The number of aromatic amines is 1. The van der Waals surface area contributed by atoms with Gasteiger partial charge in [0.15, 0.2) is 5.82 Å². The van der Waals surface area contributed by atoms with Crippen LogP contribution in [0.1, 0.15) is 6.42 Å². The number of pyridine rings is 1. The van der Waals surface area contributed by atoms with E-state index >= 15 is 0 Å². The van der Waals surface area contributed by atoms with Crippen molar-refractivity contribution < 1.29 is 0 Å². The van der Waals surface area contributed by atoms with Crippen molar-refractivity contribution in [2.45, 2.75) is 6.42 Å². The maximum atomic E-state index is 4.54. The quantitative estimate of drug-likeness (QED) is 0.812. The van der Waals surface area contributed by atoms with Crippen LogP contribution in [0.25, 0.3) is 11.4 Å². The summed E-state index contributed by atoms with van der Waals surface area (Å²) < 4.78 is 0. The van der Waals surface area contributed by atoms with Gasteiger partial charge in [0.25, 0.3) is 0 Å². The summed E-state index contributed by atoms with van der Waals surface area (Å²) >= 11 is 0. The van der Waals surface area contributed by atoms with E-state index in [1.165, 1.54) is 0 Å². The first-order valence-corrected chi connectivity index (χ1v) is 6.22. The SMILES string of the molecule is c1cncc(-c2nc(N3CCCNCC3)n[nH]2)c1. The molecule has 1 saturated heterocycles. The van der Waals surface area contributed by atoms with Crippen LogP contribution >= 0.6 is 0 Å². The van der Waals surface area contributed by atoms with Crippen molar-refractivity contribution in [2.75, 3.05) is 31.1 Å². The van der Waals surface area contributed by atoms with Gasteiger partial charge in [0.2, 0.25) is 5.95 Å². The number of anilines is 1. The normalized spacial score (nSPS) is 16.6. The molecule has 18 heavy (non-hydrogen) atoms. The second kappa shape index (κ2) is 5.14. The summed E-state index contributed by atoms with van der Waals surface area (Å²) in [4.78, 5) is 10.8. The van der Waals surface area contributed by atoms with E-state index in [1.54, 1.807) is 12.4 Å². The molecule has 6 heteroatoms. The molecule has 6 nitrogen and oxygen atoms in total. The fourth-order valence-electron chi connectivity index (χ4n) is 2.07. The van der Waals surface area contributed by atoms with Crippen LogP contribution in [-0.2, 0) is 0 Å². The highest BCUT2D eigenvalue weighted by atomic mass is 15.4. The van der Waals surface area contributed by atoms with E-state index in [2.05, 4.69) is 30.4 Å². The van der Waals surface area contributed by atoms with Gasteiger partial charge in [-0.2, -0.15) is 4.98 Å². The molecule has 3 heterocycles. The number of nitrogens with one attached hydrogen (secondary N) is 2. The van der Waals surface area contributed by atoms with Crippen LogP contribution in [0.4, 0.5) is 5.95 Å². The molecule has 2 aromatic heterocycles. The van der Waals surface area contributed by atoms with Crippen LogP contribution in [0.15, 0.2) is 24.5 Å². The van der Waals surface area contributed by atoms with Gasteiger partial charge in [0, 0.05) is 37.6 Å². The minimum Gasteiger partial charge on any atom is -0.338 e. The van der Waals surface area contributed by atoms with Crippen molar-refractivity contribution in [3.63, 3.8) is 0 Å². The van der Waals surface area contributed by atoms with Gasteiger partial charge < -0.3 is 10.2 Å². The van der Waals surface area contributed by atoms with Gasteiger partial charge >= 0.3 is 0 Å². The predicted octanol–water partition coefficient (Wildman–Crippen LogP) is 0.666. The Balaban J connectivity index is 1.80. The molecule has 0 spiro atoms. The molecule has 3 rings (SSSR count). The third-order valence-electron chi connectivity index (χ3n) is 3.03. The molecule has 0 aromatic carbocycles. The average molecular weight is 244 g/mol. The van der Waals surface area contributed by atoms with Gasteiger partial charge in [-0.05, 0) is 25.1 Å². The van der Waals surface area contributed by atoms with Crippen LogP contribution in [0.3, 0.4) is 0 Å². The van der Waals surface area contributed by atoms with Crippen LogP contribution in [0, 0.1) is 0 Å². The number of hydrogen-bond acceptors (Lipinski definition) is 5. The molecule has 0 radical (unpaired) electrons. The smallest absolute Gasteiger partial charge is 0.245 e. The van der Waals surface area contributed by atoms with Gasteiger partial charge in [0.05, 0.1) is 0 Å². The van der Waals surface area contributed by atoms with Crippen LogP contribution in [0.2, 0.25) is 0 Å². The highest BCUT2D eigenvalue weighted by Gasteiger charge is 2.14. The summed E-state index contributed by atoms with van der Waals surface area (Å²) in [5, 5.41) is 10.6. The monoisotopic (exact) mass is 244 g/mol. The largest absolute Gasteiger partial charge is 0.338 e. The topological polar surface area (TPSA) is 69.7 Å². The first kappa shape index (κ1) is 11.2. The second-order valence-corrected chi connectivity index (χ2v) is 4.32. The van der Waals surface area contributed by atoms with Crippen LogP contribution < -0.4 is 10.2 Å². The number of H-pyrrole nitrogens is 1. The Morgan fingerprint density at radius 2 is 2.22 bits per heavy atom. The number of aromatic nitrogens is 4. The molecule has 1 fully saturated rings. The first-order valence-electron chi connectivity index (χ1n) is 6.22. The molecule has 0 unspecified atom stereocenters. The summed E-state index contributed by atoms with van der Waals surface area (Å²) in [6.07, 6.45) is 4.66. The van der Waals surface area contributed by atoms with Crippen molar-refractivity contribution in [2.24, 2.45) is 0 Å². The molecule has 0 aliphatic carbocycles. The number of nitrogens with zero attached hydrogens (tertiary/aromatic N) is 4. The zero-order valence-corrected chi connectivity index (χ0v) is 10.1. The highest BCUT2D eigenvalue weighted by molar-refractivity contribution is 5.54. The summed E-state index contributed by atoms with van der Waals surface area (Å²) in [5.41, 5.74) is 0.962. The Morgan fingerprint density at radius 3 is 3.11 bits per heavy atom. The Morgan fingerprint density at radius 1 is 1.22 bits per heavy atom. The van der Waals surface area contributed by atoms with Gasteiger partial charge in [0.1, 0.15) is 0 Å². The molecule has 0 saturated carbocycles. The van der Waals surface area contributed by atoms with Crippen molar-refractivity contribution in [1.82, 2.24) is 25.5 Å². The summed E-state index contributed by atoms with van der Waals surface area (Å²) in [6, 6.07) is 3.87. The maximum absolute atomic E-state index is 4.54.